The predicted octanol–water partition coefficient (Wildman–Crippen LogP) is 1.28. The van der Waals surface area contributed by atoms with E-state index in [0.29, 0.717) is 6.54 Å². The zero-order valence-electron chi connectivity index (χ0n) is 10.2. The maximum absolute atomic E-state index is 9.23. The van der Waals surface area contributed by atoms with Crippen LogP contribution in [0.4, 0.5) is 0 Å². The fraction of sp³-hybridized carbons (Fsp3) is 0.667. The van der Waals surface area contributed by atoms with Crippen LogP contribution < -0.4 is 5.32 Å². The van der Waals surface area contributed by atoms with Gasteiger partial charge >= 0.3 is 0 Å². The van der Waals surface area contributed by atoms with Gasteiger partial charge in [0.1, 0.15) is 0 Å². The minimum absolute atomic E-state index is 0.0629. The summed E-state index contributed by atoms with van der Waals surface area (Å²) in [6.07, 6.45) is -0.666. The van der Waals surface area contributed by atoms with Crippen molar-refractivity contribution in [3.05, 3.63) is 21.9 Å². The molecule has 1 heterocycles. The van der Waals surface area contributed by atoms with Crippen molar-refractivity contribution < 1.29 is 10.2 Å². The molecule has 16 heavy (non-hydrogen) atoms. The van der Waals surface area contributed by atoms with E-state index < -0.39 is 6.10 Å². The lowest BCUT2D eigenvalue weighted by Crippen LogP contribution is -2.38. The van der Waals surface area contributed by atoms with Crippen molar-refractivity contribution in [1.82, 2.24) is 5.32 Å². The molecule has 3 N–H and O–H groups in total. The van der Waals surface area contributed by atoms with Crippen molar-refractivity contribution in [2.75, 3.05) is 19.7 Å². The third-order valence-electron chi connectivity index (χ3n) is 2.63. The number of rotatable bonds is 6. The van der Waals surface area contributed by atoms with Crippen LogP contribution in [0.5, 0.6) is 0 Å². The van der Waals surface area contributed by atoms with Crippen molar-refractivity contribution in [3.8, 4) is 0 Å². The first-order chi connectivity index (χ1) is 7.47. The van der Waals surface area contributed by atoms with E-state index in [1.807, 2.05) is 0 Å². The first kappa shape index (κ1) is 13.6. The van der Waals surface area contributed by atoms with E-state index in [0.717, 1.165) is 6.54 Å². The molecular formula is C12H21NO2S. The molecule has 0 aliphatic carbocycles. The Kier molecular flexibility index (Phi) is 4.92. The van der Waals surface area contributed by atoms with Gasteiger partial charge in [0, 0.05) is 23.4 Å². The van der Waals surface area contributed by atoms with Gasteiger partial charge in [-0.05, 0) is 23.9 Å². The second-order valence-corrected chi connectivity index (χ2v) is 5.70. The largest absolute Gasteiger partial charge is 0.394 e. The van der Waals surface area contributed by atoms with Crippen molar-refractivity contribution in [2.45, 2.75) is 32.3 Å². The van der Waals surface area contributed by atoms with E-state index in [-0.39, 0.29) is 12.0 Å². The molecule has 0 saturated heterocycles. The van der Waals surface area contributed by atoms with Crippen LogP contribution in [0, 0.1) is 6.92 Å². The summed E-state index contributed by atoms with van der Waals surface area (Å²) in [5.74, 6) is 0. The lowest BCUT2D eigenvalue weighted by atomic mass is 9.89. The van der Waals surface area contributed by atoms with Crippen molar-refractivity contribution >= 4 is 11.3 Å². The summed E-state index contributed by atoms with van der Waals surface area (Å²) in [6.45, 7) is 7.53. The van der Waals surface area contributed by atoms with Gasteiger partial charge in [-0.1, -0.05) is 13.8 Å². The van der Waals surface area contributed by atoms with Gasteiger partial charge in [0.25, 0.3) is 0 Å². The van der Waals surface area contributed by atoms with Crippen LogP contribution in [0.2, 0.25) is 0 Å². The second-order valence-electron chi connectivity index (χ2n) is 4.78. The summed E-state index contributed by atoms with van der Waals surface area (Å²) < 4.78 is 0. The van der Waals surface area contributed by atoms with E-state index in [4.69, 9.17) is 5.11 Å². The summed E-state index contributed by atoms with van der Waals surface area (Å²) in [7, 11) is 0. The predicted molar refractivity (Wildman–Crippen MR) is 68.0 cm³/mol. The molecule has 0 aromatic carbocycles. The minimum Gasteiger partial charge on any atom is -0.394 e. The van der Waals surface area contributed by atoms with E-state index in [1.165, 1.54) is 10.4 Å². The lowest BCUT2D eigenvalue weighted by Gasteiger charge is -2.25. The highest BCUT2D eigenvalue weighted by atomic mass is 32.1. The maximum Gasteiger partial charge on any atom is 0.0894 e. The highest BCUT2D eigenvalue weighted by molar-refractivity contribution is 7.10. The highest BCUT2D eigenvalue weighted by Crippen LogP contribution is 2.30. The SMILES string of the molecule is Cc1ccsc1C(C)(C)CNCC(O)CO. The summed E-state index contributed by atoms with van der Waals surface area (Å²) in [6, 6.07) is 2.13. The first-order valence-corrected chi connectivity index (χ1v) is 6.39. The molecule has 0 saturated carbocycles. The van der Waals surface area contributed by atoms with Crippen molar-refractivity contribution in [1.29, 1.82) is 0 Å². The number of aryl methyl sites for hydroxylation is 1. The van der Waals surface area contributed by atoms with Gasteiger partial charge in [-0.15, -0.1) is 11.3 Å². The maximum atomic E-state index is 9.23. The molecule has 0 aliphatic heterocycles. The Bertz CT molecular complexity index is 323. The molecule has 1 aromatic rings. The highest BCUT2D eigenvalue weighted by Gasteiger charge is 2.23. The van der Waals surface area contributed by atoms with Gasteiger partial charge in [-0.2, -0.15) is 0 Å². The quantitative estimate of drug-likeness (QED) is 0.705. The molecule has 1 aromatic heterocycles. The van der Waals surface area contributed by atoms with Crippen LogP contribution in [0.3, 0.4) is 0 Å². The van der Waals surface area contributed by atoms with Crippen LogP contribution in [-0.2, 0) is 5.41 Å². The Balaban J connectivity index is 2.49. The fourth-order valence-corrected chi connectivity index (χ4v) is 2.82. The number of aliphatic hydroxyl groups is 2. The molecule has 92 valence electrons. The van der Waals surface area contributed by atoms with Crippen LogP contribution >= 0.6 is 11.3 Å². The summed E-state index contributed by atoms with van der Waals surface area (Å²) in [4.78, 5) is 1.37. The lowest BCUT2D eigenvalue weighted by molar-refractivity contribution is 0.0935. The summed E-state index contributed by atoms with van der Waals surface area (Å²) >= 11 is 1.77. The molecule has 0 aliphatic rings. The molecule has 3 nitrogen and oxygen atoms in total. The zero-order chi connectivity index (χ0) is 12.2. The smallest absolute Gasteiger partial charge is 0.0894 e. The number of thiophene rings is 1. The van der Waals surface area contributed by atoms with Gasteiger partial charge in [0.2, 0.25) is 0 Å². The molecule has 1 unspecified atom stereocenters. The van der Waals surface area contributed by atoms with E-state index in [9.17, 15) is 5.11 Å². The Hall–Kier alpha value is -0.420. The molecule has 0 radical (unpaired) electrons. The molecule has 0 amide bonds. The summed E-state index contributed by atoms with van der Waals surface area (Å²) in [5, 5.41) is 23.2. The first-order valence-electron chi connectivity index (χ1n) is 5.51. The molecular weight excluding hydrogens is 222 g/mol. The molecule has 1 atom stereocenters. The van der Waals surface area contributed by atoms with Gasteiger partial charge in [-0.3, -0.25) is 0 Å². The standard InChI is InChI=1S/C12H21NO2S/c1-9-4-5-16-11(9)12(2,3)8-13-6-10(15)7-14/h4-5,10,13-15H,6-8H2,1-3H3. The van der Waals surface area contributed by atoms with Crippen LogP contribution in [0.15, 0.2) is 11.4 Å². The fourth-order valence-electron chi connectivity index (χ4n) is 1.76. The third kappa shape index (κ3) is 3.56. The second kappa shape index (κ2) is 5.77. The molecule has 1 rings (SSSR count). The van der Waals surface area contributed by atoms with Crippen molar-refractivity contribution in [3.63, 3.8) is 0 Å². The average Bonchev–Trinajstić information content (AvgIpc) is 2.64. The van der Waals surface area contributed by atoms with Crippen LogP contribution in [0.1, 0.15) is 24.3 Å². The van der Waals surface area contributed by atoms with Gasteiger partial charge in [0.05, 0.1) is 12.7 Å². The van der Waals surface area contributed by atoms with Crippen molar-refractivity contribution in [2.24, 2.45) is 0 Å². The Morgan fingerprint density at radius 1 is 1.50 bits per heavy atom. The Labute approximate surface area is 101 Å². The number of hydrogen-bond acceptors (Lipinski definition) is 4. The number of nitrogens with one attached hydrogen (secondary N) is 1. The van der Waals surface area contributed by atoms with Gasteiger partial charge < -0.3 is 15.5 Å². The third-order valence-corrected chi connectivity index (χ3v) is 4.02. The minimum atomic E-state index is -0.666. The molecule has 0 bridgehead atoms. The topological polar surface area (TPSA) is 52.5 Å². The molecule has 0 fully saturated rings. The average molecular weight is 243 g/mol. The Morgan fingerprint density at radius 3 is 2.69 bits per heavy atom. The zero-order valence-corrected chi connectivity index (χ0v) is 11.0. The van der Waals surface area contributed by atoms with Crippen LogP contribution in [-0.4, -0.2) is 36.0 Å². The summed E-state index contributed by atoms with van der Waals surface area (Å²) in [5.41, 5.74) is 1.38. The molecule has 4 heteroatoms. The molecule has 0 spiro atoms. The van der Waals surface area contributed by atoms with E-state index >= 15 is 0 Å². The van der Waals surface area contributed by atoms with Gasteiger partial charge in [-0.25, -0.2) is 0 Å². The normalized spacial score (nSPS) is 14.1. The number of hydrogen-bond donors (Lipinski definition) is 3. The van der Waals surface area contributed by atoms with E-state index in [2.05, 4.69) is 37.5 Å². The van der Waals surface area contributed by atoms with Crippen LogP contribution in [0.25, 0.3) is 0 Å². The van der Waals surface area contributed by atoms with Gasteiger partial charge in [0.15, 0.2) is 0 Å². The number of aliphatic hydroxyl groups excluding tert-OH is 2. The van der Waals surface area contributed by atoms with E-state index in [1.54, 1.807) is 11.3 Å². The Morgan fingerprint density at radius 2 is 2.19 bits per heavy atom. The monoisotopic (exact) mass is 243 g/mol.